The Kier molecular flexibility index (Phi) is 7.12. The fourth-order valence-electron chi connectivity index (χ4n) is 1.46. The molecule has 84 valence electrons. The predicted octanol–water partition coefficient (Wildman–Crippen LogP) is 3.42. The number of unbranched alkanes of at least 4 members (excludes halogenated alkanes) is 1. The monoisotopic (exact) mass is 234 g/mol. The van der Waals surface area contributed by atoms with Crippen molar-refractivity contribution < 1.29 is 0 Å². The minimum absolute atomic E-state index is 1.21. The van der Waals surface area contributed by atoms with Gasteiger partial charge in [-0.3, -0.25) is 0 Å². The Hall–Kier alpha value is 0.620. The number of hydrogen-bond donors (Lipinski definition) is 0. The lowest BCUT2D eigenvalue weighted by atomic mass is 10.2. The maximum atomic E-state index is 2.50. The Balaban J connectivity index is 2.00. The van der Waals surface area contributed by atoms with Crippen molar-refractivity contribution in [3.8, 4) is 0 Å². The fraction of sp³-hybridized carbons (Fsp3) is 1.00. The van der Waals surface area contributed by atoms with E-state index in [0.717, 1.165) is 0 Å². The maximum Gasteiger partial charge on any atom is 0.00976 e. The summed E-state index contributed by atoms with van der Waals surface area (Å²) < 4.78 is 4.85. The molecule has 0 N–H and O–H groups in total. The normalized spacial score (nSPS) is 19.1. The van der Waals surface area contributed by atoms with Gasteiger partial charge in [0.05, 0.1) is 0 Å². The van der Waals surface area contributed by atoms with Crippen LogP contribution in [0.4, 0.5) is 0 Å². The van der Waals surface area contributed by atoms with Gasteiger partial charge in [-0.2, -0.15) is 0 Å². The molecule has 2 nitrogen and oxygen atoms in total. The van der Waals surface area contributed by atoms with Crippen LogP contribution in [0.25, 0.3) is 0 Å². The Morgan fingerprint density at radius 2 is 1.93 bits per heavy atom. The summed E-state index contributed by atoms with van der Waals surface area (Å²) in [5.41, 5.74) is 0. The van der Waals surface area contributed by atoms with Crippen molar-refractivity contribution in [3.63, 3.8) is 0 Å². The van der Waals surface area contributed by atoms with Crippen molar-refractivity contribution in [3.05, 3.63) is 0 Å². The number of hydrogen-bond acceptors (Lipinski definition) is 4. The summed E-state index contributed by atoms with van der Waals surface area (Å²) in [4.78, 5) is 0. The average molecular weight is 234 g/mol. The summed E-state index contributed by atoms with van der Waals surface area (Å²) >= 11 is 0. The number of nitrogens with zero attached hydrogens (tertiary/aromatic N) is 2. The van der Waals surface area contributed by atoms with Crippen LogP contribution in [-0.2, 0) is 0 Å². The summed E-state index contributed by atoms with van der Waals surface area (Å²) in [6.45, 7) is 6.01. The van der Waals surface area contributed by atoms with E-state index in [9.17, 15) is 0 Å². The molecule has 1 fully saturated rings. The molecule has 0 aromatic heterocycles. The summed E-state index contributed by atoms with van der Waals surface area (Å²) in [5, 5.41) is 0. The average Bonchev–Trinajstić information content (AvgIpc) is 2.25. The van der Waals surface area contributed by atoms with Gasteiger partial charge in [0.2, 0.25) is 0 Å². The van der Waals surface area contributed by atoms with Gasteiger partial charge in [-0.05, 0) is 26.3 Å². The van der Waals surface area contributed by atoms with Gasteiger partial charge in [0, 0.05) is 41.6 Å². The molecule has 0 aromatic carbocycles. The molecular weight excluding hydrogens is 212 g/mol. The highest BCUT2D eigenvalue weighted by Gasteiger charge is 2.11. The van der Waals surface area contributed by atoms with Gasteiger partial charge < -0.3 is 0 Å². The molecular formula is C10H22N2S2. The van der Waals surface area contributed by atoms with Crippen LogP contribution >= 0.6 is 22.0 Å². The highest BCUT2D eigenvalue weighted by molar-refractivity contribution is 8.74. The van der Waals surface area contributed by atoms with Gasteiger partial charge >= 0.3 is 0 Å². The van der Waals surface area contributed by atoms with Crippen molar-refractivity contribution in [2.75, 3.05) is 26.7 Å². The van der Waals surface area contributed by atoms with Crippen molar-refractivity contribution in [1.82, 2.24) is 8.61 Å². The van der Waals surface area contributed by atoms with Gasteiger partial charge in [-0.15, -0.1) is 0 Å². The molecule has 14 heavy (non-hydrogen) atoms. The summed E-state index contributed by atoms with van der Waals surface area (Å²) in [6.07, 6.45) is 6.79. The van der Waals surface area contributed by atoms with E-state index in [1.165, 1.54) is 51.7 Å². The smallest absolute Gasteiger partial charge is 0.00976 e. The number of rotatable bonds is 6. The molecule has 0 atom stereocenters. The third kappa shape index (κ3) is 5.49. The highest BCUT2D eigenvalue weighted by atomic mass is 33.1. The molecule has 0 amide bonds. The van der Waals surface area contributed by atoms with Gasteiger partial charge in [0.1, 0.15) is 0 Å². The second kappa shape index (κ2) is 7.85. The second-order valence-corrected chi connectivity index (χ2v) is 6.18. The van der Waals surface area contributed by atoms with Gasteiger partial charge in [-0.25, -0.2) is 8.61 Å². The van der Waals surface area contributed by atoms with Crippen molar-refractivity contribution in [2.45, 2.75) is 39.0 Å². The first-order valence-electron chi connectivity index (χ1n) is 5.63. The van der Waals surface area contributed by atoms with Crippen LogP contribution in [0.3, 0.4) is 0 Å². The Morgan fingerprint density at radius 1 is 1.21 bits per heavy atom. The molecule has 0 aromatic rings. The SMILES string of the molecule is CCCCN(C)SSN1CCCCC1. The molecule has 4 heteroatoms. The fourth-order valence-corrected chi connectivity index (χ4v) is 3.58. The zero-order valence-corrected chi connectivity index (χ0v) is 11.0. The van der Waals surface area contributed by atoms with E-state index < -0.39 is 0 Å². The molecule has 0 radical (unpaired) electrons. The number of piperidine rings is 1. The quantitative estimate of drug-likeness (QED) is 0.513. The van der Waals surface area contributed by atoms with Crippen LogP contribution in [0, 0.1) is 0 Å². The third-order valence-corrected chi connectivity index (χ3v) is 5.08. The molecule has 1 aliphatic heterocycles. The van der Waals surface area contributed by atoms with Crippen LogP contribution in [0.1, 0.15) is 39.0 Å². The molecule has 0 bridgehead atoms. The molecule has 1 rings (SSSR count). The maximum absolute atomic E-state index is 2.50. The first-order valence-corrected chi connectivity index (χ1v) is 7.70. The van der Waals surface area contributed by atoms with E-state index in [1.54, 1.807) is 0 Å². The lowest BCUT2D eigenvalue weighted by Gasteiger charge is -2.26. The molecule has 0 saturated carbocycles. The van der Waals surface area contributed by atoms with E-state index in [1.807, 2.05) is 22.0 Å². The predicted molar refractivity (Wildman–Crippen MR) is 68.1 cm³/mol. The van der Waals surface area contributed by atoms with E-state index in [0.29, 0.717) is 0 Å². The topological polar surface area (TPSA) is 6.48 Å². The van der Waals surface area contributed by atoms with Gasteiger partial charge in [-0.1, -0.05) is 19.8 Å². The zero-order valence-electron chi connectivity index (χ0n) is 9.37. The lowest BCUT2D eigenvalue weighted by Crippen LogP contribution is -2.23. The van der Waals surface area contributed by atoms with Gasteiger partial charge in [0.25, 0.3) is 0 Å². The first kappa shape index (κ1) is 12.7. The van der Waals surface area contributed by atoms with Crippen LogP contribution < -0.4 is 0 Å². The summed E-state index contributed by atoms with van der Waals surface area (Å²) in [7, 11) is 6.02. The van der Waals surface area contributed by atoms with E-state index in [2.05, 4.69) is 22.6 Å². The molecule has 0 aliphatic carbocycles. The van der Waals surface area contributed by atoms with Crippen molar-refractivity contribution in [1.29, 1.82) is 0 Å². The van der Waals surface area contributed by atoms with E-state index in [4.69, 9.17) is 0 Å². The van der Waals surface area contributed by atoms with Crippen LogP contribution in [-0.4, -0.2) is 35.3 Å². The minimum Gasteiger partial charge on any atom is -0.243 e. The Morgan fingerprint density at radius 3 is 2.57 bits per heavy atom. The second-order valence-electron chi connectivity index (χ2n) is 3.84. The highest BCUT2D eigenvalue weighted by Crippen LogP contribution is 2.30. The Labute approximate surface area is 96.5 Å². The van der Waals surface area contributed by atoms with Gasteiger partial charge in [0.15, 0.2) is 0 Å². The molecule has 1 heterocycles. The lowest BCUT2D eigenvalue weighted by molar-refractivity contribution is 0.383. The largest absolute Gasteiger partial charge is 0.243 e. The molecule has 0 spiro atoms. The van der Waals surface area contributed by atoms with Crippen molar-refractivity contribution in [2.24, 2.45) is 0 Å². The summed E-state index contributed by atoms with van der Waals surface area (Å²) in [5.74, 6) is 0. The van der Waals surface area contributed by atoms with Crippen molar-refractivity contribution >= 4 is 22.0 Å². The third-order valence-electron chi connectivity index (χ3n) is 2.41. The van der Waals surface area contributed by atoms with Crippen LogP contribution in [0.2, 0.25) is 0 Å². The first-order chi connectivity index (χ1) is 6.83. The minimum atomic E-state index is 1.21. The standard InChI is InChI=1S/C10H22N2S2/c1-3-4-8-11(2)13-14-12-9-6-5-7-10-12/h3-10H2,1-2H3. The van der Waals surface area contributed by atoms with Crippen LogP contribution in [0.15, 0.2) is 0 Å². The Bertz CT molecular complexity index is 138. The zero-order chi connectivity index (χ0) is 10.2. The van der Waals surface area contributed by atoms with E-state index >= 15 is 0 Å². The summed E-state index contributed by atoms with van der Waals surface area (Å²) in [6, 6.07) is 0. The van der Waals surface area contributed by atoms with Crippen LogP contribution in [0.5, 0.6) is 0 Å². The van der Waals surface area contributed by atoms with E-state index in [-0.39, 0.29) is 0 Å². The molecule has 1 aliphatic rings. The molecule has 1 saturated heterocycles. The molecule has 0 unspecified atom stereocenters.